The minimum Gasteiger partial charge on any atom is -0.487 e. The number of nitrogens with one attached hydrogen (secondary N) is 1. The van der Waals surface area contributed by atoms with Crippen molar-refractivity contribution in [1.29, 1.82) is 0 Å². The lowest BCUT2D eigenvalue weighted by Gasteiger charge is -2.27. The van der Waals surface area contributed by atoms with Gasteiger partial charge in [0.15, 0.2) is 5.60 Å². The largest absolute Gasteiger partial charge is 0.487 e. The van der Waals surface area contributed by atoms with E-state index in [1.165, 1.54) is 6.21 Å². The van der Waals surface area contributed by atoms with Crippen LogP contribution >= 0.6 is 31.9 Å². The van der Waals surface area contributed by atoms with Crippen molar-refractivity contribution in [3.8, 4) is 5.75 Å². The van der Waals surface area contributed by atoms with Crippen LogP contribution in [0.15, 0.2) is 129 Å². The van der Waals surface area contributed by atoms with Crippen LogP contribution < -0.4 is 10.2 Å². The van der Waals surface area contributed by atoms with Crippen molar-refractivity contribution in [3.05, 3.63) is 146 Å². The number of amides is 1. The Morgan fingerprint density at radius 2 is 1.38 bits per heavy atom. The standard InChI is InChI=1S/C32H24Br2N2O3/c33-28-18-22(19-29(34)30(28)39-21-24-12-9-11-23-10-7-8-17-27(23)24)20-35-36-31(37)32(38,25-13-3-1-4-14-25)26-15-5-2-6-16-26/h1-20,38H,21H2,(H,36,37)/b35-20+. The summed E-state index contributed by atoms with van der Waals surface area (Å²) in [6, 6.07) is 35.7. The molecule has 194 valence electrons. The SMILES string of the molecule is O=C(N/N=C/c1cc(Br)c(OCc2cccc3ccccc23)c(Br)c1)C(O)(c1ccccc1)c1ccccc1. The van der Waals surface area contributed by atoms with E-state index >= 15 is 0 Å². The zero-order valence-electron chi connectivity index (χ0n) is 20.7. The number of hydrogen-bond acceptors (Lipinski definition) is 4. The minimum absolute atomic E-state index is 0.402. The summed E-state index contributed by atoms with van der Waals surface area (Å²) in [4.78, 5) is 13.2. The van der Waals surface area contributed by atoms with Gasteiger partial charge in [-0.3, -0.25) is 4.79 Å². The Morgan fingerprint density at radius 1 is 0.821 bits per heavy atom. The maximum atomic E-state index is 13.2. The average Bonchev–Trinajstić information content (AvgIpc) is 2.97. The summed E-state index contributed by atoms with van der Waals surface area (Å²) in [7, 11) is 0. The highest BCUT2D eigenvalue weighted by Crippen LogP contribution is 2.35. The van der Waals surface area contributed by atoms with Crippen LogP contribution in [0.2, 0.25) is 0 Å². The van der Waals surface area contributed by atoms with Gasteiger partial charge in [-0.1, -0.05) is 103 Å². The minimum atomic E-state index is -1.90. The molecule has 0 unspecified atom stereocenters. The molecule has 5 aromatic rings. The van der Waals surface area contributed by atoms with Gasteiger partial charge in [0.1, 0.15) is 12.4 Å². The predicted octanol–water partition coefficient (Wildman–Crippen LogP) is 7.33. The fourth-order valence-electron chi connectivity index (χ4n) is 4.39. The Hall–Kier alpha value is -3.78. The van der Waals surface area contributed by atoms with Gasteiger partial charge in [0.2, 0.25) is 0 Å². The van der Waals surface area contributed by atoms with Crippen molar-refractivity contribution in [2.24, 2.45) is 5.10 Å². The molecule has 0 aliphatic carbocycles. The summed E-state index contributed by atoms with van der Waals surface area (Å²) in [5, 5.41) is 18.0. The van der Waals surface area contributed by atoms with Gasteiger partial charge in [-0.2, -0.15) is 5.10 Å². The number of hydrazone groups is 1. The van der Waals surface area contributed by atoms with Crippen LogP contribution in [0.5, 0.6) is 5.75 Å². The number of halogens is 2. The third kappa shape index (κ3) is 5.81. The summed E-state index contributed by atoms with van der Waals surface area (Å²) in [6.45, 7) is 0.402. The predicted molar refractivity (Wildman–Crippen MR) is 162 cm³/mol. The van der Waals surface area contributed by atoms with Crippen molar-refractivity contribution >= 4 is 54.8 Å². The second-order valence-electron chi connectivity index (χ2n) is 8.88. The number of nitrogens with zero attached hydrogens (tertiary/aromatic N) is 1. The van der Waals surface area contributed by atoms with E-state index < -0.39 is 11.5 Å². The second-order valence-corrected chi connectivity index (χ2v) is 10.6. The highest BCUT2D eigenvalue weighted by molar-refractivity contribution is 9.11. The van der Waals surface area contributed by atoms with Crippen molar-refractivity contribution < 1.29 is 14.6 Å². The molecule has 5 rings (SSSR count). The van der Waals surface area contributed by atoms with Crippen LogP contribution in [-0.2, 0) is 17.0 Å². The molecule has 2 N–H and O–H groups in total. The highest BCUT2D eigenvalue weighted by Gasteiger charge is 2.39. The normalized spacial score (nSPS) is 11.6. The molecule has 0 fully saturated rings. The van der Waals surface area contributed by atoms with Crippen molar-refractivity contribution in [1.82, 2.24) is 5.43 Å². The zero-order chi connectivity index (χ0) is 27.2. The van der Waals surface area contributed by atoms with E-state index in [-0.39, 0.29) is 0 Å². The van der Waals surface area contributed by atoms with Gasteiger partial charge >= 0.3 is 0 Å². The molecule has 0 spiro atoms. The number of hydrogen-bond donors (Lipinski definition) is 2. The number of benzene rings is 5. The maximum absolute atomic E-state index is 13.2. The second kappa shape index (κ2) is 11.9. The van der Waals surface area contributed by atoms with E-state index in [9.17, 15) is 9.90 Å². The van der Waals surface area contributed by atoms with E-state index in [2.05, 4.69) is 66.7 Å². The summed E-state index contributed by atoms with van der Waals surface area (Å²) >= 11 is 7.18. The summed E-state index contributed by atoms with van der Waals surface area (Å²) < 4.78 is 7.62. The van der Waals surface area contributed by atoms with E-state index in [1.54, 1.807) is 48.5 Å². The van der Waals surface area contributed by atoms with Gasteiger partial charge in [-0.15, -0.1) is 0 Å². The highest BCUT2D eigenvalue weighted by atomic mass is 79.9. The van der Waals surface area contributed by atoms with Crippen LogP contribution in [0.3, 0.4) is 0 Å². The third-order valence-electron chi connectivity index (χ3n) is 6.36. The first-order valence-electron chi connectivity index (χ1n) is 12.2. The van der Waals surface area contributed by atoms with Gasteiger partial charge in [0.25, 0.3) is 5.91 Å². The summed E-state index contributed by atoms with van der Waals surface area (Å²) in [6.07, 6.45) is 1.51. The average molecular weight is 644 g/mol. The van der Waals surface area contributed by atoms with Gasteiger partial charge in [-0.25, -0.2) is 5.43 Å². The Balaban J connectivity index is 1.32. The molecule has 1 amide bonds. The van der Waals surface area contributed by atoms with Crippen molar-refractivity contribution in [3.63, 3.8) is 0 Å². The van der Waals surface area contributed by atoms with Crippen LogP contribution in [-0.4, -0.2) is 17.2 Å². The quantitative estimate of drug-likeness (QED) is 0.137. The maximum Gasteiger partial charge on any atom is 0.281 e. The molecule has 0 saturated heterocycles. The molecule has 0 aliphatic heterocycles. The molecule has 5 aromatic carbocycles. The molecule has 0 aliphatic rings. The van der Waals surface area contributed by atoms with Crippen LogP contribution in [0, 0.1) is 0 Å². The molecular weight excluding hydrogens is 620 g/mol. The molecule has 0 radical (unpaired) electrons. The lowest BCUT2D eigenvalue weighted by molar-refractivity contribution is -0.136. The topological polar surface area (TPSA) is 70.9 Å². The Bertz CT molecular complexity index is 1570. The fraction of sp³-hybridized carbons (Fsp3) is 0.0625. The van der Waals surface area contributed by atoms with E-state index in [4.69, 9.17) is 4.74 Å². The van der Waals surface area contributed by atoms with Gasteiger partial charge < -0.3 is 9.84 Å². The molecule has 0 aromatic heterocycles. The number of rotatable bonds is 8. The smallest absolute Gasteiger partial charge is 0.281 e. The number of fused-ring (bicyclic) bond motifs is 1. The third-order valence-corrected chi connectivity index (χ3v) is 7.54. The van der Waals surface area contributed by atoms with Gasteiger partial charge in [0.05, 0.1) is 15.2 Å². The first-order chi connectivity index (χ1) is 19.0. The van der Waals surface area contributed by atoms with Gasteiger partial charge in [0, 0.05) is 0 Å². The van der Waals surface area contributed by atoms with E-state index in [0.29, 0.717) is 23.5 Å². The fourth-order valence-corrected chi connectivity index (χ4v) is 5.84. The monoisotopic (exact) mass is 642 g/mol. The number of ether oxygens (including phenoxy) is 1. The number of aliphatic hydroxyl groups is 1. The van der Waals surface area contributed by atoms with Crippen molar-refractivity contribution in [2.45, 2.75) is 12.2 Å². The lowest BCUT2D eigenvalue weighted by atomic mass is 9.85. The summed E-state index contributed by atoms with van der Waals surface area (Å²) in [5.74, 6) is -0.00373. The molecule has 0 heterocycles. The molecule has 0 atom stereocenters. The first kappa shape index (κ1) is 26.8. The van der Waals surface area contributed by atoms with E-state index in [1.807, 2.05) is 42.5 Å². The van der Waals surface area contributed by atoms with Crippen LogP contribution in [0.1, 0.15) is 22.3 Å². The zero-order valence-corrected chi connectivity index (χ0v) is 23.9. The van der Waals surface area contributed by atoms with Crippen LogP contribution in [0.4, 0.5) is 0 Å². The summed E-state index contributed by atoms with van der Waals surface area (Å²) in [5.41, 5.74) is 3.30. The van der Waals surface area contributed by atoms with Crippen LogP contribution in [0.25, 0.3) is 10.8 Å². The Morgan fingerprint density at radius 3 is 2.03 bits per heavy atom. The molecule has 5 nitrogen and oxygen atoms in total. The molecule has 39 heavy (non-hydrogen) atoms. The number of carbonyl (C=O) groups excluding carboxylic acids is 1. The number of carbonyl (C=O) groups is 1. The Labute approximate surface area is 243 Å². The van der Waals surface area contributed by atoms with E-state index in [0.717, 1.165) is 30.8 Å². The molecule has 0 saturated carbocycles. The lowest BCUT2D eigenvalue weighted by Crippen LogP contribution is -2.43. The first-order valence-corrected chi connectivity index (χ1v) is 13.8. The molecular formula is C32H24Br2N2O3. The molecule has 0 bridgehead atoms. The molecule has 7 heteroatoms. The van der Waals surface area contributed by atoms with Crippen molar-refractivity contribution in [2.75, 3.05) is 0 Å². The Kier molecular flexibility index (Phi) is 8.21. The van der Waals surface area contributed by atoms with Gasteiger partial charge in [-0.05, 0) is 77.0 Å².